The van der Waals surface area contributed by atoms with Gasteiger partial charge in [0.15, 0.2) is 0 Å². The summed E-state index contributed by atoms with van der Waals surface area (Å²) >= 11 is 0. The molecule has 1 aliphatic carbocycles. The zero-order valence-corrected chi connectivity index (χ0v) is 13.6. The zero-order valence-electron chi connectivity index (χ0n) is 13.6. The third-order valence-electron chi connectivity index (χ3n) is 4.51. The maximum absolute atomic E-state index is 9.57. The molecular weight excluding hydrogens is 248 g/mol. The molecule has 1 rings (SSSR count). The van der Waals surface area contributed by atoms with Gasteiger partial charge >= 0.3 is 0 Å². The van der Waals surface area contributed by atoms with E-state index in [2.05, 4.69) is 32.2 Å². The maximum atomic E-state index is 9.57. The van der Waals surface area contributed by atoms with Gasteiger partial charge in [0.25, 0.3) is 0 Å². The fraction of sp³-hybridized carbons (Fsp3) is 0.941. The molecule has 0 radical (unpaired) electrons. The Morgan fingerprint density at radius 1 is 1.40 bits per heavy atom. The summed E-state index contributed by atoms with van der Waals surface area (Å²) in [6.07, 6.45) is 7.90. The first-order valence-corrected chi connectivity index (χ1v) is 8.42. The molecule has 0 aromatic heterocycles. The normalized spacial score (nSPS) is 27.4. The predicted octanol–water partition coefficient (Wildman–Crippen LogP) is 3.89. The molecule has 1 saturated carbocycles. The molecule has 0 heterocycles. The van der Waals surface area contributed by atoms with Gasteiger partial charge in [-0.2, -0.15) is 5.26 Å². The second-order valence-corrected chi connectivity index (χ2v) is 6.36. The molecule has 0 aromatic carbocycles. The van der Waals surface area contributed by atoms with Gasteiger partial charge < -0.3 is 4.74 Å². The second-order valence-electron chi connectivity index (χ2n) is 6.36. The first-order valence-electron chi connectivity index (χ1n) is 8.42. The van der Waals surface area contributed by atoms with Crippen LogP contribution in [0.25, 0.3) is 0 Å². The first-order chi connectivity index (χ1) is 9.68. The van der Waals surface area contributed by atoms with Crippen LogP contribution >= 0.6 is 0 Å². The highest BCUT2D eigenvalue weighted by molar-refractivity contribution is 5.13. The molecule has 1 fully saturated rings. The quantitative estimate of drug-likeness (QED) is 0.617. The minimum absolute atomic E-state index is 0.283. The smallest absolute Gasteiger partial charge is 0.109 e. The summed E-state index contributed by atoms with van der Waals surface area (Å²) in [6.45, 7) is 9.23. The van der Waals surface area contributed by atoms with Gasteiger partial charge in [0.2, 0.25) is 0 Å². The van der Waals surface area contributed by atoms with Gasteiger partial charge in [-0.25, -0.2) is 0 Å². The molecule has 20 heavy (non-hydrogen) atoms. The number of hydrogen-bond donors (Lipinski definition) is 1. The molecule has 1 N–H and O–H groups in total. The van der Waals surface area contributed by atoms with Crippen molar-refractivity contribution in [3.63, 3.8) is 0 Å². The van der Waals surface area contributed by atoms with Crippen LogP contribution in [-0.2, 0) is 4.74 Å². The summed E-state index contributed by atoms with van der Waals surface area (Å²) in [5, 5.41) is 13.1. The fourth-order valence-corrected chi connectivity index (χ4v) is 3.32. The largest absolute Gasteiger partial charge is 0.381 e. The summed E-state index contributed by atoms with van der Waals surface area (Å²) in [4.78, 5) is 0. The Morgan fingerprint density at radius 3 is 2.85 bits per heavy atom. The average molecular weight is 280 g/mol. The molecule has 3 heteroatoms. The topological polar surface area (TPSA) is 45.0 Å². The van der Waals surface area contributed by atoms with E-state index in [-0.39, 0.29) is 5.54 Å². The van der Waals surface area contributed by atoms with Crippen LogP contribution < -0.4 is 5.32 Å². The van der Waals surface area contributed by atoms with E-state index in [0.29, 0.717) is 11.8 Å². The van der Waals surface area contributed by atoms with Crippen LogP contribution in [0, 0.1) is 23.2 Å². The highest BCUT2D eigenvalue weighted by Crippen LogP contribution is 2.37. The van der Waals surface area contributed by atoms with Crippen LogP contribution in [0.2, 0.25) is 0 Å². The van der Waals surface area contributed by atoms with Crippen LogP contribution in [0.3, 0.4) is 0 Å². The van der Waals surface area contributed by atoms with Gasteiger partial charge in [-0.05, 0) is 50.5 Å². The fourth-order valence-electron chi connectivity index (χ4n) is 3.32. The maximum Gasteiger partial charge on any atom is 0.109 e. The zero-order chi connectivity index (χ0) is 14.8. The number of rotatable bonds is 10. The lowest BCUT2D eigenvalue weighted by Gasteiger charge is -2.30. The van der Waals surface area contributed by atoms with Gasteiger partial charge in [-0.3, -0.25) is 5.32 Å². The van der Waals surface area contributed by atoms with E-state index in [9.17, 15) is 5.26 Å². The summed E-state index contributed by atoms with van der Waals surface area (Å²) in [5.74, 6) is 1.11. The Balaban J connectivity index is 2.32. The summed E-state index contributed by atoms with van der Waals surface area (Å²) in [5.41, 5.74) is -0.283. The van der Waals surface area contributed by atoms with Crippen LogP contribution in [0.15, 0.2) is 0 Å². The van der Waals surface area contributed by atoms with E-state index in [0.717, 1.165) is 45.4 Å². The highest BCUT2D eigenvalue weighted by atomic mass is 16.5. The number of ether oxygens (including phenoxy) is 1. The van der Waals surface area contributed by atoms with E-state index in [4.69, 9.17) is 4.74 Å². The van der Waals surface area contributed by atoms with Gasteiger partial charge in [0, 0.05) is 13.2 Å². The Labute approximate surface area is 125 Å². The molecular formula is C17H32N2O. The van der Waals surface area contributed by atoms with E-state index in [1.165, 1.54) is 19.3 Å². The lowest BCUT2D eigenvalue weighted by Crippen LogP contribution is -2.47. The van der Waals surface area contributed by atoms with Gasteiger partial charge in [0.1, 0.15) is 5.54 Å². The van der Waals surface area contributed by atoms with Crippen LogP contribution in [0.1, 0.15) is 65.7 Å². The van der Waals surface area contributed by atoms with E-state index < -0.39 is 0 Å². The third-order valence-corrected chi connectivity index (χ3v) is 4.51. The molecule has 0 saturated heterocycles. The standard InChI is InChI=1S/C17H32N2O/c1-4-7-15(3)13-20-12-9-16-8-6-10-17(16,14-18)19-11-5-2/h15-16,19H,4-13H2,1-3H3. The molecule has 0 aromatic rings. The minimum atomic E-state index is -0.283. The SMILES string of the molecule is CCCNC1(C#N)CCCC1CCOCC(C)CCC. The van der Waals surface area contributed by atoms with Gasteiger partial charge in [-0.15, -0.1) is 0 Å². The van der Waals surface area contributed by atoms with Crippen molar-refractivity contribution in [3.05, 3.63) is 0 Å². The van der Waals surface area contributed by atoms with E-state index in [1.807, 2.05) is 0 Å². The first kappa shape index (κ1) is 17.5. The number of nitrogens with zero attached hydrogens (tertiary/aromatic N) is 1. The van der Waals surface area contributed by atoms with Gasteiger partial charge in [-0.1, -0.05) is 33.6 Å². The Morgan fingerprint density at radius 2 is 2.20 bits per heavy atom. The summed E-state index contributed by atoms with van der Waals surface area (Å²) in [6, 6.07) is 2.57. The average Bonchev–Trinajstić information content (AvgIpc) is 2.85. The van der Waals surface area contributed by atoms with Crippen molar-refractivity contribution in [3.8, 4) is 6.07 Å². The van der Waals surface area contributed by atoms with Crippen LogP contribution in [0.5, 0.6) is 0 Å². The molecule has 0 amide bonds. The molecule has 116 valence electrons. The molecule has 0 spiro atoms. The lowest BCUT2D eigenvalue weighted by molar-refractivity contribution is 0.0846. The van der Waals surface area contributed by atoms with Crippen LogP contribution in [-0.4, -0.2) is 25.3 Å². The second kappa shape index (κ2) is 9.37. The summed E-state index contributed by atoms with van der Waals surface area (Å²) < 4.78 is 5.82. The molecule has 0 aliphatic heterocycles. The van der Waals surface area contributed by atoms with Crippen LogP contribution in [0.4, 0.5) is 0 Å². The lowest BCUT2D eigenvalue weighted by atomic mass is 9.86. The van der Waals surface area contributed by atoms with Crippen molar-refractivity contribution >= 4 is 0 Å². The number of hydrogen-bond acceptors (Lipinski definition) is 3. The number of nitrogens with one attached hydrogen (secondary N) is 1. The van der Waals surface area contributed by atoms with Crippen molar-refractivity contribution < 1.29 is 4.74 Å². The molecule has 3 atom stereocenters. The van der Waals surface area contributed by atoms with E-state index >= 15 is 0 Å². The monoisotopic (exact) mass is 280 g/mol. The Kier molecular flexibility index (Phi) is 8.18. The highest BCUT2D eigenvalue weighted by Gasteiger charge is 2.42. The Bertz CT molecular complexity index is 300. The minimum Gasteiger partial charge on any atom is -0.381 e. The molecule has 0 bridgehead atoms. The predicted molar refractivity (Wildman–Crippen MR) is 83.5 cm³/mol. The van der Waals surface area contributed by atoms with Crippen molar-refractivity contribution in [2.45, 2.75) is 71.3 Å². The van der Waals surface area contributed by atoms with Gasteiger partial charge in [0.05, 0.1) is 6.07 Å². The third kappa shape index (κ3) is 5.07. The van der Waals surface area contributed by atoms with Crippen molar-refractivity contribution in [2.75, 3.05) is 19.8 Å². The molecule has 3 unspecified atom stereocenters. The number of nitriles is 1. The van der Waals surface area contributed by atoms with Crippen molar-refractivity contribution in [1.82, 2.24) is 5.32 Å². The summed E-state index contributed by atoms with van der Waals surface area (Å²) in [7, 11) is 0. The molecule has 1 aliphatic rings. The molecule has 3 nitrogen and oxygen atoms in total. The Hall–Kier alpha value is -0.590. The van der Waals surface area contributed by atoms with Crippen molar-refractivity contribution in [2.24, 2.45) is 11.8 Å². The van der Waals surface area contributed by atoms with Crippen molar-refractivity contribution in [1.29, 1.82) is 5.26 Å². The van der Waals surface area contributed by atoms with E-state index in [1.54, 1.807) is 0 Å².